The fraction of sp³-hybridized carbons (Fsp3) is 0.368. The quantitative estimate of drug-likeness (QED) is 0.597. The maximum atomic E-state index is 5.66. The van der Waals surface area contributed by atoms with Crippen LogP contribution in [0.15, 0.2) is 36.5 Å². The number of nitrogens with zero attached hydrogens (tertiary/aromatic N) is 2. The lowest BCUT2D eigenvalue weighted by atomic mass is 10.2. The molecule has 0 saturated carbocycles. The Kier molecular flexibility index (Phi) is 6.21. The molecule has 25 heavy (non-hydrogen) atoms. The van der Waals surface area contributed by atoms with Gasteiger partial charge in [0, 0.05) is 30.5 Å². The molecule has 2 heterocycles. The van der Waals surface area contributed by atoms with Gasteiger partial charge in [-0.15, -0.1) is 6.42 Å². The summed E-state index contributed by atoms with van der Waals surface area (Å²) in [5.74, 6) is 3.28. The van der Waals surface area contributed by atoms with Gasteiger partial charge in [-0.1, -0.05) is 12.0 Å². The zero-order chi connectivity index (χ0) is 17.3. The molecule has 1 unspecified atom stereocenters. The molecule has 1 fully saturated rings. The lowest BCUT2D eigenvalue weighted by Crippen LogP contribution is -2.38. The third-order valence-corrected chi connectivity index (χ3v) is 3.84. The summed E-state index contributed by atoms with van der Waals surface area (Å²) in [5.41, 5.74) is 1.69. The molecule has 0 aliphatic carbocycles. The summed E-state index contributed by atoms with van der Waals surface area (Å²) in [4.78, 5) is 8.52. The topological polar surface area (TPSA) is 68.3 Å². The minimum atomic E-state index is 0.273. The van der Waals surface area contributed by atoms with Crippen molar-refractivity contribution in [1.82, 2.24) is 15.3 Å². The van der Waals surface area contributed by atoms with E-state index in [-0.39, 0.29) is 6.10 Å². The van der Waals surface area contributed by atoms with Gasteiger partial charge < -0.3 is 20.1 Å². The Balaban J connectivity index is 1.48. The Morgan fingerprint density at radius 3 is 3.20 bits per heavy atom. The van der Waals surface area contributed by atoms with Crippen LogP contribution in [0.5, 0.6) is 6.01 Å². The molecule has 1 aromatic carbocycles. The first-order chi connectivity index (χ1) is 12.3. The lowest BCUT2D eigenvalue weighted by molar-refractivity contribution is 0.0202. The number of aromatic nitrogens is 2. The van der Waals surface area contributed by atoms with Gasteiger partial charge in [0.1, 0.15) is 5.82 Å². The van der Waals surface area contributed by atoms with Crippen LogP contribution in [0.4, 0.5) is 11.5 Å². The zero-order valence-electron chi connectivity index (χ0n) is 14.1. The van der Waals surface area contributed by atoms with Gasteiger partial charge in [0.05, 0.1) is 19.3 Å². The summed E-state index contributed by atoms with van der Waals surface area (Å²) in [5, 5.41) is 6.53. The molecule has 1 atom stereocenters. The van der Waals surface area contributed by atoms with Crippen LogP contribution in [0.3, 0.4) is 0 Å². The van der Waals surface area contributed by atoms with Crippen molar-refractivity contribution in [2.75, 3.05) is 31.6 Å². The van der Waals surface area contributed by atoms with Crippen LogP contribution in [0.2, 0.25) is 0 Å². The fourth-order valence-electron chi connectivity index (χ4n) is 2.59. The van der Waals surface area contributed by atoms with Gasteiger partial charge in [-0.25, -0.2) is 4.98 Å². The zero-order valence-corrected chi connectivity index (χ0v) is 14.1. The minimum absolute atomic E-state index is 0.273. The summed E-state index contributed by atoms with van der Waals surface area (Å²) < 4.78 is 11.3. The van der Waals surface area contributed by atoms with Crippen LogP contribution in [-0.2, 0) is 4.74 Å². The van der Waals surface area contributed by atoms with Crippen molar-refractivity contribution in [1.29, 1.82) is 0 Å². The highest BCUT2D eigenvalue weighted by molar-refractivity contribution is 5.58. The van der Waals surface area contributed by atoms with Crippen LogP contribution in [-0.4, -0.2) is 42.4 Å². The van der Waals surface area contributed by atoms with E-state index in [1.54, 1.807) is 12.3 Å². The first-order valence-corrected chi connectivity index (χ1v) is 8.45. The highest BCUT2D eigenvalue weighted by atomic mass is 16.5. The average molecular weight is 338 g/mol. The fourth-order valence-corrected chi connectivity index (χ4v) is 2.59. The maximum absolute atomic E-state index is 5.66. The number of morpholine rings is 1. The molecule has 1 aliphatic rings. The summed E-state index contributed by atoms with van der Waals surface area (Å²) in [7, 11) is 0. The van der Waals surface area contributed by atoms with Crippen molar-refractivity contribution in [3.05, 3.63) is 42.1 Å². The smallest absolute Gasteiger partial charge is 0.318 e. The van der Waals surface area contributed by atoms with E-state index in [9.17, 15) is 0 Å². The molecule has 2 N–H and O–H groups in total. The van der Waals surface area contributed by atoms with Gasteiger partial charge in [0.25, 0.3) is 0 Å². The highest BCUT2D eigenvalue weighted by Crippen LogP contribution is 2.17. The van der Waals surface area contributed by atoms with E-state index in [0.29, 0.717) is 18.4 Å². The second-order valence-electron chi connectivity index (χ2n) is 5.76. The van der Waals surface area contributed by atoms with Crippen LogP contribution in [0, 0.1) is 12.3 Å². The normalized spacial score (nSPS) is 16.8. The minimum Gasteiger partial charge on any atom is -0.463 e. The Hall–Kier alpha value is -2.62. The van der Waals surface area contributed by atoms with Crippen molar-refractivity contribution >= 4 is 11.5 Å². The number of nitrogens with one attached hydrogen (secondary N) is 2. The predicted octanol–water partition coefficient (Wildman–Crippen LogP) is 2.35. The molecule has 0 spiro atoms. The molecule has 3 rings (SSSR count). The summed E-state index contributed by atoms with van der Waals surface area (Å²) in [6.07, 6.45) is 9.23. The molecular weight excluding hydrogens is 316 g/mol. The molecule has 2 aromatic rings. The van der Waals surface area contributed by atoms with Crippen LogP contribution >= 0.6 is 0 Å². The Morgan fingerprint density at radius 2 is 2.36 bits per heavy atom. The largest absolute Gasteiger partial charge is 0.463 e. The number of ether oxygens (including phenoxy) is 2. The van der Waals surface area contributed by atoms with Crippen molar-refractivity contribution in [3.8, 4) is 18.4 Å². The lowest BCUT2D eigenvalue weighted by Gasteiger charge is -2.23. The summed E-state index contributed by atoms with van der Waals surface area (Å²) in [6, 6.07) is 9.75. The number of terminal acetylenes is 1. The Morgan fingerprint density at radius 1 is 1.40 bits per heavy atom. The second kappa shape index (κ2) is 9.02. The molecular formula is C19H22N4O2. The molecule has 0 radical (unpaired) electrons. The van der Waals surface area contributed by atoms with Gasteiger partial charge in [0.15, 0.2) is 0 Å². The van der Waals surface area contributed by atoms with Crippen LogP contribution in [0.1, 0.15) is 18.4 Å². The molecule has 1 aliphatic heterocycles. The maximum Gasteiger partial charge on any atom is 0.318 e. The van der Waals surface area contributed by atoms with Crippen molar-refractivity contribution < 1.29 is 9.47 Å². The Bertz CT molecular complexity index is 723. The number of anilines is 2. The van der Waals surface area contributed by atoms with E-state index < -0.39 is 0 Å². The van der Waals surface area contributed by atoms with Gasteiger partial charge in [0.2, 0.25) is 0 Å². The van der Waals surface area contributed by atoms with Crippen molar-refractivity contribution in [2.45, 2.75) is 18.9 Å². The van der Waals surface area contributed by atoms with Crippen LogP contribution in [0.25, 0.3) is 0 Å². The third kappa shape index (κ3) is 5.45. The van der Waals surface area contributed by atoms with Crippen molar-refractivity contribution in [3.63, 3.8) is 0 Å². The van der Waals surface area contributed by atoms with Gasteiger partial charge >= 0.3 is 6.01 Å². The van der Waals surface area contributed by atoms with Crippen molar-refractivity contribution in [2.24, 2.45) is 0 Å². The monoisotopic (exact) mass is 338 g/mol. The standard InChI is InChI=1S/C19H22N4O2/c1-2-15-5-3-6-16(13-15)22-18-8-9-21-19(23-18)25-11-4-7-17-14-20-10-12-24-17/h1,3,5-6,8-9,13,17,20H,4,7,10-12,14H2,(H,21,22,23). The number of hydrogen-bond donors (Lipinski definition) is 2. The molecule has 1 aromatic heterocycles. The predicted molar refractivity (Wildman–Crippen MR) is 97.0 cm³/mol. The highest BCUT2D eigenvalue weighted by Gasteiger charge is 2.12. The molecule has 1 saturated heterocycles. The van der Waals surface area contributed by atoms with Gasteiger partial charge in [-0.2, -0.15) is 4.98 Å². The third-order valence-electron chi connectivity index (χ3n) is 3.84. The van der Waals surface area contributed by atoms with Gasteiger partial charge in [-0.3, -0.25) is 0 Å². The number of benzene rings is 1. The molecule has 6 nitrogen and oxygen atoms in total. The number of hydrogen-bond acceptors (Lipinski definition) is 6. The first kappa shape index (κ1) is 17.2. The summed E-state index contributed by atoms with van der Waals surface area (Å²) in [6.45, 7) is 3.19. The number of rotatable bonds is 7. The van der Waals surface area contributed by atoms with E-state index in [2.05, 4.69) is 26.5 Å². The SMILES string of the molecule is C#Cc1cccc(Nc2ccnc(OCCCC3CNCCO3)n2)c1. The van der Waals surface area contributed by atoms with E-state index >= 15 is 0 Å². The van der Waals surface area contributed by atoms with E-state index in [4.69, 9.17) is 15.9 Å². The van der Waals surface area contributed by atoms with E-state index in [1.165, 1.54) is 0 Å². The molecule has 0 amide bonds. The second-order valence-corrected chi connectivity index (χ2v) is 5.76. The molecule has 6 heteroatoms. The average Bonchev–Trinajstić information content (AvgIpc) is 2.67. The van der Waals surface area contributed by atoms with E-state index in [0.717, 1.165) is 43.8 Å². The van der Waals surface area contributed by atoms with Gasteiger partial charge in [-0.05, 0) is 37.1 Å². The summed E-state index contributed by atoms with van der Waals surface area (Å²) >= 11 is 0. The first-order valence-electron chi connectivity index (χ1n) is 8.45. The van der Waals surface area contributed by atoms with Crippen LogP contribution < -0.4 is 15.4 Å². The molecule has 0 bridgehead atoms. The molecule has 130 valence electrons. The van der Waals surface area contributed by atoms with E-state index in [1.807, 2.05) is 24.3 Å². The Labute approximate surface area is 148 Å².